The number of alkyl halides is 1. The van der Waals surface area contributed by atoms with Crippen molar-refractivity contribution in [2.75, 3.05) is 5.33 Å². The van der Waals surface area contributed by atoms with Gasteiger partial charge in [-0.15, -0.1) is 0 Å². The standard InChI is InChI=1S/C16H16BrNO3/c1-10-14(13(19)8-17)11(2)18-15(10)16(20)21-9-12-6-4-3-5-7-12/h3-7,18H,8-9H2,1-2H3. The molecule has 2 rings (SSSR count). The minimum atomic E-state index is -0.451. The topological polar surface area (TPSA) is 59.2 Å². The molecule has 0 spiro atoms. The van der Waals surface area contributed by atoms with E-state index in [1.54, 1.807) is 13.8 Å². The number of benzene rings is 1. The molecule has 4 nitrogen and oxygen atoms in total. The summed E-state index contributed by atoms with van der Waals surface area (Å²) in [7, 11) is 0. The van der Waals surface area contributed by atoms with E-state index in [2.05, 4.69) is 20.9 Å². The number of rotatable bonds is 5. The number of aryl methyl sites for hydroxylation is 1. The molecule has 0 radical (unpaired) electrons. The van der Waals surface area contributed by atoms with Crippen LogP contribution in [0.2, 0.25) is 0 Å². The third-order valence-corrected chi connectivity index (χ3v) is 3.76. The molecule has 1 aromatic carbocycles. The highest BCUT2D eigenvalue weighted by Gasteiger charge is 2.22. The molecule has 0 atom stereocenters. The van der Waals surface area contributed by atoms with Gasteiger partial charge in [0.15, 0.2) is 5.78 Å². The highest BCUT2D eigenvalue weighted by Crippen LogP contribution is 2.20. The quantitative estimate of drug-likeness (QED) is 0.510. The monoisotopic (exact) mass is 349 g/mol. The molecule has 2 aromatic rings. The molecule has 110 valence electrons. The van der Waals surface area contributed by atoms with Crippen LogP contribution in [-0.2, 0) is 11.3 Å². The maximum atomic E-state index is 12.1. The number of H-pyrrole nitrogens is 1. The fourth-order valence-corrected chi connectivity index (χ4v) is 2.51. The average Bonchev–Trinajstić information content (AvgIpc) is 2.80. The highest BCUT2D eigenvalue weighted by molar-refractivity contribution is 9.09. The second-order valence-corrected chi connectivity index (χ2v) is 5.30. The summed E-state index contributed by atoms with van der Waals surface area (Å²) in [6, 6.07) is 9.46. The Kier molecular flexibility index (Phi) is 4.96. The molecule has 0 bridgehead atoms. The van der Waals surface area contributed by atoms with Crippen LogP contribution in [-0.4, -0.2) is 22.1 Å². The van der Waals surface area contributed by atoms with Crippen LogP contribution >= 0.6 is 15.9 Å². The molecule has 5 heteroatoms. The number of Topliss-reactive ketones (excluding diaryl/α,β-unsaturated/α-hetero) is 1. The van der Waals surface area contributed by atoms with Crippen molar-refractivity contribution in [3.8, 4) is 0 Å². The Morgan fingerprint density at radius 2 is 1.86 bits per heavy atom. The maximum absolute atomic E-state index is 12.1. The van der Waals surface area contributed by atoms with Crippen LogP contribution in [0.15, 0.2) is 30.3 Å². The number of aromatic nitrogens is 1. The molecular formula is C16H16BrNO3. The van der Waals surface area contributed by atoms with Crippen LogP contribution < -0.4 is 0 Å². The van der Waals surface area contributed by atoms with Gasteiger partial charge in [0.05, 0.1) is 5.33 Å². The fraction of sp³-hybridized carbons (Fsp3) is 0.250. The Labute approximate surface area is 131 Å². The molecule has 0 saturated carbocycles. The van der Waals surface area contributed by atoms with Crippen LogP contribution in [0.4, 0.5) is 0 Å². The number of hydrogen-bond acceptors (Lipinski definition) is 3. The van der Waals surface area contributed by atoms with Crippen molar-refractivity contribution in [3.05, 3.63) is 58.4 Å². The van der Waals surface area contributed by atoms with E-state index in [4.69, 9.17) is 4.74 Å². The van der Waals surface area contributed by atoms with E-state index in [-0.39, 0.29) is 17.7 Å². The first-order valence-corrected chi connectivity index (χ1v) is 7.66. The van der Waals surface area contributed by atoms with Gasteiger partial charge in [-0.05, 0) is 25.0 Å². The smallest absolute Gasteiger partial charge is 0.355 e. The molecule has 0 fully saturated rings. The normalized spacial score (nSPS) is 10.4. The van der Waals surface area contributed by atoms with E-state index in [1.807, 2.05) is 30.3 Å². The second-order valence-electron chi connectivity index (χ2n) is 4.74. The summed E-state index contributed by atoms with van der Waals surface area (Å²) >= 11 is 3.15. The number of ketones is 1. The Hall–Kier alpha value is -1.88. The lowest BCUT2D eigenvalue weighted by Gasteiger charge is -2.04. The van der Waals surface area contributed by atoms with Crippen molar-refractivity contribution in [1.82, 2.24) is 4.98 Å². The molecule has 1 heterocycles. The lowest BCUT2D eigenvalue weighted by Crippen LogP contribution is -2.08. The zero-order valence-corrected chi connectivity index (χ0v) is 13.5. The van der Waals surface area contributed by atoms with E-state index in [9.17, 15) is 9.59 Å². The minimum Gasteiger partial charge on any atom is -0.456 e. The van der Waals surface area contributed by atoms with Crippen molar-refractivity contribution in [2.45, 2.75) is 20.5 Å². The molecule has 1 aromatic heterocycles. The SMILES string of the molecule is Cc1[nH]c(C(=O)OCc2ccccc2)c(C)c1C(=O)CBr. The number of ether oxygens (including phenoxy) is 1. The fourth-order valence-electron chi connectivity index (χ4n) is 2.23. The number of esters is 1. The number of aromatic amines is 1. The first-order chi connectivity index (χ1) is 10.0. The molecule has 0 aliphatic rings. The molecule has 1 N–H and O–H groups in total. The molecule has 21 heavy (non-hydrogen) atoms. The Balaban J connectivity index is 2.15. The number of carbonyl (C=O) groups excluding carboxylic acids is 2. The van der Waals surface area contributed by atoms with Gasteiger partial charge in [-0.25, -0.2) is 4.79 Å². The third kappa shape index (κ3) is 3.42. The number of halogens is 1. The van der Waals surface area contributed by atoms with Gasteiger partial charge in [0.25, 0.3) is 0 Å². The van der Waals surface area contributed by atoms with Gasteiger partial charge in [-0.2, -0.15) is 0 Å². The molecule has 0 amide bonds. The van der Waals surface area contributed by atoms with E-state index >= 15 is 0 Å². The lowest BCUT2D eigenvalue weighted by atomic mass is 10.1. The highest BCUT2D eigenvalue weighted by atomic mass is 79.9. The first kappa shape index (κ1) is 15.5. The Morgan fingerprint density at radius 3 is 2.48 bits per heavy atom. The van der Waals surface area contributed by atoms with Crippen LogP contribution in [0.1, 0.15) is 37.7 Å². The van der Waals surface area contributed by atoms with E-state index in [0.29, 0.717) is 22.5 Å². The predicted octanol–water partition coefficient (Wildman–Crippen LogP) is 3.57. The molecule has 0 aliphatic carbocycles. The summed E-state index contributed by atoms with van der Waals surface area (Å²) in [5, 5.41) is 0.227. The second kappa shape index (κ2) is 6.72. The summed E-state index contributed by atoms with van der Waals surface area (Å²) < 4.78 is 5.28. The van der Waals surface area contributed by atoms with Gasteiger partial charge in [0, 0.05) is 11.3 Å². The number of carbonyl (C=O) groups is 2. The minimum absolute atomic E-state index is 0.0524. The van der Waals surface area contributed by atoms with E-state index in [0.717, 1.165) is 5.56 Å². The molecule has 0 unspecified atom stereocenters. The largest absolute Gasteiger partial charge is 0.456 e. The van der Waals surface area contributed by atoms with Crippen molar-refractivity contribution in [3.63, 3.8) is 0 Å². The van der Waals surface area contributed by atoms with Gasteiger partial charge in [0.2, 0.25) is 0 Å². The van der Waals surface area contributed by atoms with Crippen LogP contribution in [0.5, 0.6) is 0 Å². The predicted molar refractivity (Wildman–Crippen MR) is 84.0 cm³/mol. The van der Waals surface area contributed by atoms with Crippen LogP contribution in [0.25, 0.3) is 0 Å². The van der Waals surface area contributed by atoms with Crippen LogP contribution in [0.3, 0.4) is 0 Å². The van der Waals surface area contributed by atoms with Gasteiger partial charge in [-0.1, -0.05) is 46.3 Å². The van der Waals surface area contributed by atoms with Gasteiger partial charge in [0.1, 0.15) is 12.3 Å². The van der Waals surface area contributed by atoms with E-state index < -0.39 is 5.97 Å². The molecule has 0 aliphatic heterocycles. The number of nitrogens with one attached hydrogen (secondary N) is 1. The van der Waals surface area contributed by atoms with Gasteiger partial charge >= 0.3 is 5.97 Å². The van der Waals surface area contributed by atoms with Crippen molar-refractivity contribution >= 4 is 27.7 Å². The summed E-state index contributed by atoms with van der Waals surface area (Å²) in [6.07, 6.45) is 0. The summed E-state index contributed by atoms with van der Waals surface area (Å²) in [6.45, 7) is 3.73. The van der Waals surface area contributed by atoms with Crippen molar-refractivity contribution in [1.29, 1.82) is 0 Å². The van der Waals surface area contributed by atoms with E-state index in [1.165, 1.54) is 0 Å². The first-order valence-electron chi connectivity index (χ1n) is 6.54. The molecular weight excluding hydrogens is 334 g/mol. The summed E-state index contributed by atoms with van der Waals surface area (Å²) in [5.74, 6) is -0.503. The zero-order chi connectivity index (χ0) is 15.4. The summed E-state index contributed by atoms with van der Waals surface area (Å²) in [4.78, 5) is 26.9. The molecule has 0 saturated heterocycles. The Bertz CT molecular complexity index is 662. The lowest BCUT2D eigenvalue weighted by molar-refractivity contribution is 0.0465. The van der Waals surface area contributed by atoms with Crippen molar-refractivity contribution in [2.24, 2.45) is 0 Å². The van der Waals surface area contributed by atoms with Gasteiger partial charge < -0.3 is 9.72 Å². The number of hydrogen-bond donors (Lipinski definition) is 1. The maximum Gasteiger partial charge on any atom is 0.355 e. The zero-order valence-electron chi connectivity index (χ0n) is 11.9. The average molecular weight is 350 g/mol. The third-order valence-electron chi connectivity index (χ3n) is 3.25. The summed E-state index contributed by atoms with van der Waals surface area (Å²) in [5.41, 5.74) is 3.13. The van der Waals surface area contributed by atoms with Crippen LogP contribution in [0, 0.1) is 13.8 Å². The van der Waals surface area contributed by atoms with Gasteiger partial charge in [-0.3, -0.25) is 4.79 Å². The Morgan fingerprint density at radius 1 is 1.19 bits per heavy atom. The van der Waals surface area contributed by atoms with Crippen molar-refractivity contribution < 1.29 is 14.3 Å².